The molecular weight excluding hydrogens is 225 g/mol. The van der Waals surface area contributed by atoms with Gasteiger partial charge in [-0.3, -0.25) is 4.79 Å². The lowest BCUT2D eigenvalue weighted by Crippen LogP contribution is -2.38. The largest absolute Gasteiger partial charge is 0.401 e. The van der Waals surface area contributed by atoms with Crippen molar-refractivity contribution >= 4 is 5.91 Å². The Morgan fingerprint density at radius 3 is 2.56 bits per heavy atom. The Morgan fingerprint density at radius 2 is 2.00 bits per heavy atom. The van der Waals surface area contributed by atoms with Gasteiger partial charge in [-0.2, -0.15) is 13.2 Å². The maximum absolute atomic E-state index is 11.7. The topological polar surface area (TPSA) is 50.4 Å². The summed E-state index contributed by atoms with van der Waals surface area (Å²) in [6.07, 6.45) is -2.72. The Bertz CT molecular complexity index is 198. The molecule has 0 spiro atoms. The molecule has 0 radical (unpaired) electrons. The molecule has 0 aromatic rings. The minimum Gasteiger partial charge on any atom is -0.385 e. The van der Waals surface area contributed by atoms with Gasteiger partial charge in [0.15, 0.2) is 0 Å². The first-order valence-corrected chi connectivity index (χ1v) is 4.99. The second-order valence-electron chi connectivity index (χ2n) is 3.27. The zero-order valence-electron chi connectivity index (χ0n) is 9.19. The number of halogens is 3. The molecule has 96 valence electrons. The van der Waals surface area contributed by atoms with E-state index in [9.17, 15) is 18.0 Å². The smallest absolute Gasteiger partial charge is 0.385 e. The number of unbranched alkanes of at least 4 members (excludes halogenated alkanes) is 1. The zero-order chi connectivity index (χ0) is 12.4. The van der Waals surface area contributed by atoms with Gasteiger partial charge in [0.25, 0.3) is 0 Å². The minimum atomic E-state index is -4.28. The molecule has 0 heterocycles. The first kappa shape index (κ1) is 15.2. The Labute approximate surface area is 92.5 Å². The first-order valence-electron chi connectivity index (χ1n) is 4.99. The van der Waals surface area contributed by atoms with E-state index < -0.39 is 18.6 Å². The number of methoxy groups -OCH3 is 1. The molecule has 0 rings (SSSR count). The van der Waals surface area contributed by atoms with E-state index in [4.69, 9.17) is 4.74 Å². The fourth-order valence-corrected chi connectivity index (χ4v) is 0.979. The standard InChI is InChI=1S/C9H17F3N2O2/c1-16-5-3-2-4-14-8(15)6-13-7-9(10,11)12/h13H,2-7H2,1H3,(H,14,15). The number of hydrogen-bond acceptors (Lipinski definition) is 3. The number of hydrogen-bond donors (Lipinski definition) is 2. The van der Waals surface area contributed by atoms with Crippen molar-refractivity contribution in [1.29, 1.82) is 0 Å². The third-order valence-electron chi connectivity index (χ3n) is 1.71. The molecule has 0 unspecified atom stereocenters. The summed E-state index contributed by atoms with van der Waals surface area (Å²) in [5.41, 5.74) is 0. The van der Waals surface area contributed by atoms with Crippen molar-refractivity contribution in [3.8, 4) is 0 Å². The number of rotatable bonds is 8. The molecule has 0 aliphatic heterocycles. The summed E-state index contributed by atoms with van der Waals surface area (Å²) in [5.74, 6) is -0.429. The third-order valence-corrected chi connectivity index (χ3v) is 1.71. The SMILES string of the molecule is COCCCCNC(=O)CNCC(F)(F)F. The Hall–Kier alpha value is -0.820. The van der Waals surface area contributed by atoms with E-state index in [-0.39, 0.29) is 6.54 Å². The van der Waals surface area contributed by atoms with Crippen LogP contribution in [0.3, 0.4) is 0 Å². The van der Waals surface area contributed by atoms with Gasteiger partial charge in [0.2, 0.25) is 5.91 Å². The van der Waals surface area contributed by atoms with Crippen molar-refractivity contribution in [3.63, 3.8) is 0 Å². The van der Waals surface area contributed by atoms with Gasteiger partial charge in [-0.1, -0.05) is 0 Å². The highest BCUT2D eigenvalue weighted by atomic mass is 19.4. The zero-order valence-corrected chi connectivity index (χ0v) is 9.19. The fourth-order valence-electron chi connectivity index (χ4n) is 0.979. The second-order valence-corrected chi connectivity index (χ2v) is 3.27. The number of amides is 1. The van der Waals surface area contributed by atoms with Crippen LogP contribution in [0.15, 0.2) is 0 Å². The predicted molar refractivity (Wildman–Crippen MR) is 53.0 cm³/mol. The van der Waals surface area contributed by atoms with E-state index in [0.717, 1.165) is 12.8 Å². The van der Waals surface area contributed by atoms with E-state index in [1.54, 1.807) is 7.11 Å². The van der Waals surface area contributed by atoms with Crippen molar-refractivity contribution in [1.82, 2.24) is 10.6 Å². The lowest BCUT2D eigenvalue weighted by Gasteiger charge is -2.08. The van der Waals surface area contributed by atoms with Crippen LogP contribution in [0.1, 0.15) is 12.8 Å². The van der Waals surface area contributed by atoms with Crippen LogP contribution >= 0.6 is 0 Å². The van der Waals surface area contributed by atoms with Gasteiger partial charge in [-0.15, -0.1) is 0 Å². The summed E-state index contributed by atoms with van der Waals surface area (Å²) in [7, 11) is 1.58. The van der Waals surface area contributed by atoms with Crippen LogP contribution in [0.4, 0.5) is 13.2 Å². The first-order chi connectivity index (χ1) is 7.45. The van der Waals surface area contributed by atoms with Crippen molar-refractivity contribution in [2.45, 2.75) is 19.0 Å². The highest BCUT2D eigenvalue weighted by Gasteiger charge is 2.26. The number of alkyl halides is 3. The number of ether oxygens (including phenoxy) is 1. The van der Waals surface area contributed by atoms with Crippen molar-refractivity contribution in [3.05, 3.63) is 0 Å². The van der Waals surface area contributed by atoms with Gasteiger partial charge in [-0.25, -0.2) is 0 Å². The summed E-state index contributed by atoms with van der Waals surface area (Å²) in [5, 5.41) is 4.52. The molecular formula is C9H17F3N2O2. The van der Waals surface area contributed by atoms with Crippen LogP contribution in [0.2, 0.25) is 0 Å². The lowest BCUT2D eigenvalue weighted by molar-refractivity contribution is -0.128. The molecule has 0 bridgehead atoms. The highest BCUT2D eigenvalue weighted by molar-refractivity contribution is 5.77. The van der Waals surface area contributed by atoms with E-state index in [2.05, 4.69) is 5.32 Å². The average Bonchev–Trinajstić information content (AvgIpc) is 2.15. The fraction of sp³-hybridized carbons (Fsp3) is 0.889. The van der Waals surface area contributed by atoms with Crippen LogP contribution in [0, 0.1) is 0 Å². The molecule has 0 fully saturated rings. The molecule has 0 aliphatic rings. The van der Waals surface area contributed by atoms with E-state index in [0.29, 0.717) is 13.2 Å². The predicted octanol–water partition coefficient (Wildman–Crippen LogP) is 0.681. The number of carbonyl (C=O) groups excluding carboxylic acids is 1. The molecule has 0 aromatic carbocycles. The molecule has 0 aliphatic carbocycles. The van der Waals surface area contributed by atoms with Gasteiger partial charge in [0.05, 0.1) is 13.1 Å². The summed E-state index contributed by atoms with van der Waals surface area (Å²) < 4.78 is 39.9. The van der Waals surface area contributed by atoms with E-state index >= 15 is 0 Å². The number of carbonyl (C=O) groups is 1. The minimum absolute atomic E-state index is 0.316. The van der Waals surface area contributed by atoms with Crippen molar-refractivity contribution in [2.24, 2.45) is 0 Å². The molecule has 7 heteroatoms. The quantitative estimate of drug-likeness (QED) is 0.615. The number of nitrogens with one attached hydrogen (secondary N) is 2. The lowest BCUT2D eigenvalue weighted by atomic mass is 10.3. The van der Waals surface area contributed by atoms with Crippen molar-refractivity contribution < 1.29 is 22.7 Å². The molecule has 0 saturated carbocycles. The Kier molecular flexibility index (Phi) is 7.92. The monoisotopic (exact) mass is 242 g/mol. The Morgan fingerprint density at radius 1 is 1.31 bits per heavy atom. The summed E-state index contributed by atoms with van der Waals surface area (Å²) in [6, 6.07) is 0. The van der Waals surface area contributed by atoms with Crippen LogP contribution in [0.25, 0.3) is 0 Å². The van der Waals surface area contributed by atoms with Crippen LogP contribution in [-0.4, -0.2) is 45.4 Å². The van der Waals surface area contributed by atoms with Gasteiger partial charge >= 0.3 is 6.18 Å². The third kappa shape index (κ3) is 11.3. The van der Waals surface area contributed by atoms with Crippen LogP contribution in [-0.2, 0) is 9.53 Å². The van der Waals surface area contributed by atoms with Gasteiger partial charge in [-0.05, 0) is 12.8 Å². The molecule has 16 heavy (non-hydrogen) atoms. The van der Waals surface area contributed by atoms with Gasteiger partial charge in [0, 0.05) is 20.3 Å². The Balaban J connectivity index is 3.32. The highest BCUT2D eigenvalue weighted by Crippen LogP contribution is 2.11. The summed E-state index contributed by atoms with van der Waals surface area (Å²) in [6.45, 7) is -0.397. The van der Waals surface area contributed by atoms with Gasteiger partial charge < -0.3 is 15.4 Å². The molecule has 4 nitrogen and oxygen atoms in total. The van der Waals surface area contributed by atoms with E-state index in [1.165, 1.54) is 0 Å². The summed E-state index contributed by atoms with van der Waals surface area (Å²) in [4.78, 5) is 11.0. The molecule has 0 atom stereocenters. The van der Waals surface area contributed by atoms with Crippen LogP contribution < -0.4 is 10.6 Å². The molecule has 0 aromatic heterocycles. The van der Waals surface area contributed by atoms with Crippen LogP contribution in [0.5, 0.6) is 0 Å². The molecule has 0 saturated heterocycles. The normalized spacial score (nSPS) is 11.5. The van der Waals surface area contributed by atoms with Crippen molar-refractivity contribution in [2.75, 3.05) is 33.4 Å². The maximum Gasteiger partial charge on any atom is 0.401 e. The molecule has 1 amide bonds. The average molecular weight is 242 g/mol. The maximum atomic E-state index is 11.7. The summed E-state index contributed by atoms with van der Waals surface area (Å²) >= 11 is 0. The van der Waals surface area contributed by atoms with Gasteiger partial charge in [0.1, 0.15) is 0 Å². The second kappa shape index (κ2) is 8.35. The van der Waals surface area contributed by atoms with E-state index in [1.807, 2.05) is 5.32 Å². The molecule has 2 N–H and O–H groups in total.